The Bertz CT molecular complexity index is 569. The molecule has 0 unspecified atom stereocenters. The van der Waals surface area contributed by atoms with Gasteiger partial charge in [-0.15, -0.1) is 0 Å². The SMILES string of the molecule is O=c1cc[nH]c(-c2ccc(C(F)(F)F)cc2)c1. The Balaban J connectivity index is 2.39. The Kier molecular flexibility index (Phi) is 2.75. The average Bonchev–Trinajstić information content (AvgIpc) is 2.28. The molecule has 2 rings (SSSR count). The van der Waals surface area contributed by atoms with Crippen molar-refractivity contribution >= 4 is 0 Å². The zero-order chi connectivity index (χ0) is 12.5. The number of halogens is 3. The summed E-state index contributed by atoms with van der Waals surface area (Å²) in [7, 11) is 0. The van der Waals surface area contributed by atoms with Gasteiger partial charge in [0.1, 0.15) is 0 Å². The summed E-state index contributed by atoms with van der Waals surface area (Å²) in [5, 5.41) is 0. The van der Waals surface area contributed by atoms with Crippen LogP contribution in [0.15, 0.2) is 47.4 Å². The molecule has 0 saturated carbocycles. The van der Waals surface area contributed by atoms with Gasteiger partial charge in [0, 0.05) is 24.0 Å². The van der Waals surface area contributed by atoms with Gasteiger partial charge < -0.3 is 4.98 Å². The second-order valence-corrected chi connectivity index (χ2v) is 3.51. The van der Waals surface area contributed by atoms with Crippen LogP contribution < -0.4 is 5.43 Å². The maximum Gasteiger partial charge on any atom is 0.416 e. The average molecular weight is 239 g/mol. The van der Waals surface area contributed by atoms with E-state index in [0.717, 1.165) is 12.1 Å². The van der Waals surface area contributed by atoms with Crippen molar-refractivity contribution in [1.82, 2.24) is 4.98 Å². The molecule has 0 bridgehead atoms. The number of hydrogen-bond acceptors (Lipinski definition) is 1. The predicted molar refractivity (Wildman–Crippen MR) is 57.5 cm³/mol. The van der Waals surface area contributed by atoms with Crippen LogP contribution in [0.3, 0.4) is 0 Å². The fraction of sp³-hybridized carbons (Fsp3) is 0.0833. The molecule has 2 aromatic rings. The van der Waals surface area contributed by atoms with Crippen molar-refractivity contribution < 1.29 is 13.2 Å². The van der Waals surface area contributed by atoms with E-state index in [0.29, 0.717) is 11.3 Å². The van der Waals surface area contributed by atoms with Crippen LogP contribution in [0.1, 0.15) is 5.56 Å². The molecular formula is C12H8F3NO. The molecular weight excluding hydrogens is 231 g/mol. The number of H-pyrrole nitrogens is 1. The summed E-state index contributed by atoms with van der Waals surface area (Å²) in [6, 6.07) is 7.31. The first-order chi connectivity index (χ1) is 7.97. The van der Waals surface area contributed by atoms with Crippen LogP contribution in [0.25, 0.3) is 11.3 Å². The molecule has 1 N–H and O–H groups in total. The second kappa shape index (κ2) is 4.08. The van der Waals surface area contributed by atoms with E-state index in [2.05, 4.69) is 4.98 Å². The summed E-state index contributed by atoms with van der Waals surface area (Å²) >= 11 is 0. The number of alkyl halides is 3. The van der Waals surface area contributed by atoms with E-state index in [1.165, 1.54) is 30.5 Å². The van der Waals surface area contributed by atoms with E-state index < -0.39 is 11.7 Å². The lowest BCUT2D eigenvalue weighted by Crippen LogP contribution is -2.04. The molecule has 0 aliphatic carbocycles. The minimum absolute atomic E-state index is 0.196. The number of pyridine rings is 1. The minimum atomic E-state index is -4.34. The van der Waals surface area contributed by atoms with E-state index in [-0.39, 0.29) is 5.43 Å². The molecule has 0 aliphatic heterocycles. The van der Waals surface area contributed by atoms with E-state index in [4.69, 9.17) is 0 Å². The van der Waals surface area contributed by atoms with Crippen molar-refractivity contribution in [2.45, 2.75) is 6.18 Å². The van der Waals surface area contributed by atoms with Crippen LogP contribution in [0, 0.1) is 0 Å². The van der Waals surface area contributed by atoms with Crippen LogP contribution >= 0.6 is 0 Å². The third-order valence-corrected chi connectivity index (χ3v) is 2.30. The van der Waals surface area contributed by atoms with Crippen LogP contribution in [-0.4, -0.2) is 4.98 Å². The number of benzene rings is 1. The molecule has 5 heteroatoms. The molecule has 1 aromatic carbocycles. The monoisotopic (exact) mass is 239 g/mol. The minimum Gasteiger partial charge on any atom is -0.361 e. The summed E-state index contributed by atoms with van der Waals surface area (Å²) in [5.74, 6) is 0. The van der Waals surface area contributed by atoms with Gasteiger partial charge in [0.15, 0.2) is 5.43 Å². The van der Waals surface area contributed by atoms with E-state index in [1.807, 2.05) is 0 Å². The van der Waals surface area contributed by atoms with E-state index >= 15 is 0 Å². The van der Waals surface area contributed by atoms with Crippen molar-refractivity contribution in [1.29, 1.82) is 0 Å². The normalized spacial score (nSPS) is 11.5. The summed E-state index contributed by atoms with van der Waals surface area (Å²) in [5.41, 5.74) is 0.125. The molecule has 17 heavy (non-hydrogen) atoms. The molecule has 0 saturated heterocycles. The molecule has 0 amide bonds. The van der Waals surface area contributed by atoms with Crippen molar-refractivity contribution in [3.8, 4) is 11.3 Å². The first kappa shape index (κ1) is 11.4. The largest absolute Gasteiger partial charge is 0.416 e. The molecule has 0 radical (unpaired) electrons. The van der Waals surface area contributed by atoms with Crippen molar-refractivity contribution in [3.05, 3.63) is 58.4 Å². The fourth-order valence-electron chi connectivity index (χ4n) is 1.45. The van der Waals surface area contributed by atoms with Gasteiger partial charge >= 0.3 is 6.18 Å². The van der Waals surface area contributed by atoms with Crippen LogP contribution in [-0.2, 0) is 6.18 Å². The molecule has 0 atom stereocenters. The van der Waals surface area contributed by atoms with Crippen LogP contribution in [0.2, 0.25) is 0 Å². The van der Waals surface area contributed by atoms with E-state index in [1.54, 1.807) is 0 Å². The Morgan fingerprint density at radius 2 is 1.65 bits per heavy atom. The van der Waals surface area contributed by atoms with Crippen molar-refractivity contribution in [2.24, 2.45) is 0 Å². The predicted octanol–water partition coefficient (Wildman–Crippen LogP) is 3.06. The zero-order valence-corrected chi connectivity index (χ0v) is 8.58. The number of rotatable bonds is 1. The maximum atomic E-state index is 12.3. The lowest BCUT2D eigenvalue weighted by molar-refractivity contribution is -0.137. The first-order valence-corrected chi connectivity index (χ1v) is 4.83. The highest BCUT2D eigenvalue weighted by Gasteiger charge is 2.29. The quantitative estimate of drug-likeness (QED) is 0.815. The highest BCUT2D eigenvalue weighted by atomic mass is 19.4. The molecule has 0 aliphatic rings. The van der Waals surface area contributed by atoms with Gasteiger partial charge in [0.25, 0.3) is 0 Å². The Labute approximate surface area is 94.7 Å². The summed E-state index contributed by atoms with van der Waals surface area (Å²) in [6.45, 7) is 0. The van der Waals surface area contributed by atoms with Crippen LogP contribution in [0.4, 0.5) is 13.2 Å². The van der Waals surface area contributed by atoms with Crippen LogP contribution in [0.5, 0.6) is 0 Å². The molecule has 1 heterocycles. The lowest BCUT2D eigenvalue weighted by atomic mass is 10.1. The van der Waals surface area contributed by atoms with Gasteiger partial charge in [-0.2, -0.15) is 13.2 Å². The standard InChI is InChI=1S/C12H8F3NO/c13-12(14,15)9-3-1-8(2-4-9)11-7-10(17)5-6-16-11/h1-7H,(H,16,17). The Morgan fingerprint density at radius 1 is 1.00 bits per heavy atom. The number of aromatic nitrogens is 1. The number of nitrogens with one attached hydrogen (secondary N) is 1. The lowest BCUT2D eigenvalue weighted by Gasteiger charge is -2.07. The van der Waals surface area contributed by atoms with E-state index in [9.17, 15) is 18.0 Å². The Morgan fingerprint density at radius 3 is 2.18 bits per heavy atom. The van der Waals surface area contributed by atoms with Gasteiger partial charge in [-0.3, -0.25) is 4.79 Å². The third kappa shape index (κ3) is 2.55. The van der Waals surface area contributed by atoms with Crippen molar-refractivity contribution in [3.63, 3.8) is 0 Å². The second-order valence-electron chi connectivity index (χ2n) is 3.51. The van der Waals surface area contributed by atoms with Gasteiger partial charge in [0.2, 0.25) is 0 Å². The third-order valence-electron chi connectivity index (χ3n) is 2.30. The highest BCUT2D eigenvalue weighted by molar-refractivity contribution is 5.59. The van der Waals surface area contributed by atoms with Crippen molar-refractivity contribution in [2.75, 3.05) is 0 Å². The topological polar surface area (TPSA) is 32.9 Å². The van der Waals surface area contributed by atoms with Gasteiger partial charge in [0.05, 0.1) is 5.56 Å². The summed E-state index contributed by atoms with van der Waals surface area (Å²) < 4.78 is 37.0. The molecule has 0 fully saturated rings. The van der Waals surface area contributed by atoms with Gasteiger partial charge in [-0.05, 0) is 17.7 Å². The van der Waals surface area contributed by atoms with Gasteiger partial charge in [-0.25, -0.2) is 0 Å². The first-order valence-electron chi connectivity index (χ1n) is 4.83. The Hall–Kier alpha value is -2.04. The smallest absolute Gasteiger partial charge is 0.361 e. The number of aromatic amines is 1. The fourth-order valence-corrected chi connectivity index (χ4v) is 1.45. The highest BCUT2D eigenvalue weighted by Crippen LogP contribution is 2.30. The summed E-state index contributed by atoms with van der Waals surface area (Å²) in [4.78, 5) is 13.9. The molecule has 2 nitrogen and oxygen atoms in total. The zero-order valence-electron chi connectivity index (χ0n) is 8.58. The maximum absolute atomic E-state index is 12.3. The van der Waals surface area contributed by atoms with Gasteiger partial charge in [-0.1, -0.05) is 12.1 Å². The number of hydrogen-bond donors (Lipinski definition) is 1. The molecule has 88 valence electrons. The summed E-state index contributed by atoms with van der Waals surface area (Å²) in [6.07, 6.45) is -2.89. The molecule has 0 spiro atoms. The molecule has 1 aromatic heterocycles.